The van der Waals surface area contributed by atoms with E-state index in [1.54, 1.807) is 4.90 Å². The van der Waals surface area contributed by atoms with Crippen LogP contribution in [0.25, 0.3) is 0 Å². The predicted octanol–water partition coefficient (Wildman–Crippen LogP) is 3.19. The molecule has 2 amide bonds. The van der Waals surface area contributed by atoms with Gasteiger partial charge in [-0.25, -0.2) is 9.18 Å². The van der Waals surface area contributed by atoms with E-state index in [9.17, 15) is 14.0 Å². The fraction of sp³-hybridized carbons (Fsp3) is 0.652. The van der Waals surface area contributed by atoms with Gasteiger partial charge >= 0.3 is 6.09 Å². The number of nitrogens with zero attached hydrogens (tertiary/aromatic N) is 2. The van der Waals surface area contributed by atoms with Crippen molar-refractivity contribution in [2.75, 3.05) is 26.2 Å². The molecule has 2 N–H and O–H groups in total. The van der Waals surface area contributed by atoms with E-state index in [0.29, 0.717) is 38.5 Å². The van der Waals surface area contributed by atoms with Gasteiger partial charge in [-0.05, 0) is 70.1 Å². The fourth-order valence-electron chi connectivity index (χ4n) is 4.34. The van der Waals surface area contributed by atoms with Gasteiger partial charge in [0.15, 0.2) is 0 Å². The van der Waals surface area contributed by atoms with Crippen LogP contribution in [0.5, 0.6) is 0 Å². The second-order valence-corrected chi connectivity index (χ2v) is 9.61. The summed E-state index contributed by atoms with van der Waals surface area (Å²) in [5.41, 5.74) is 6.80. The van der Waals surface area contributed by atoms with Gasteiger partial charge in [-0.1, -0.05) is 12.1 Å². The van der Waals surface area contributed by atoms with E-state index in [1.165, 1.54) is 12.1 Å². The lowest BCUT2D eigenvalue weighted by molar-refractivity contribution is -0.139. The number of carbonyl (C=O) groups is 2. The van der Waals surface area contributed by atoms with Crippen LogP contribution < -0.4 is 5.73 Å². The standard InChI is InChI=1S/C23H34FN3O3/c1-23(2,3)30-22(29)27-12-10-20(25)19(15-27)21(28)26-11-4-5-17(14-26)13-16-6-8-18(24)9-7-16/h6-9,17,19-20H,4-5,10-15,25H2,1-3H3. The summed E-state index contributed by atoms with van der Waals surface area (Å²) in [6.45, 7) is 7.69. The molecule has 7 heteroatoms. The zero-order valence-electron chi connectivity index (χ0n) is 18.3. The molecule has 2 heterocycles. The van der Waals surface area contributed by atoms with Crippen molar-refractivity contribution in [2.24, 2.45) is 17.6 Å². The third-order valence-electron chi connectivity index (χ3n) is 5.90. The molecule has 166 valence electrons. The second-order valence-electron chi connectivity index (χ2n) is 9.61. The predicted molar refractivity (Wildman–Crippen MR) is 113 cm³/mol. The fourth-order valence-corrected chi connectivity index (χ4v) is 4.34. The van der Waals surface area contributed by atoms with Crippen LogP contribution in [-0.4, -0.2) is 59.6 Å². The first kappa shape index (κ1) is 22.5. The normalized spacial score (nSPS) is 25.2. The van der Waals surface area contributed by atoms with Gasteiger partial charge in [0.25, 0.3) is 0 Å². The lowest BCUT2D eigenvalue weighted by atomic mass is 9.88. The van der Waals surface area contributed by atoms with E-state index in [2.05, 4.69) is 0 Å². The van der Waals surface area contributed by atoms with E-state index in [1.807, 2.05) is 37.8 Å². The number of ether oxygens (including phenoxy) is 1. The van der Waals surface area contributed by atoms with Crippen molar-refractivity contribution in [1.82, 2.24) is 9.80 Å². The van der Waals surface area contributed by atoms with Crippen molar-refractivity contribution < 1.29 is 18.7 Å². The first-order valence-corrected chi connectivity index (χ1v) is 10.9. The van der Waals surface area contributed by atoms with Crippen molar-refractivity contribution in [3.05, 3.63) is 35.6 Å². The molecular formula is C23H34FN3O3. The number of halogens is 1. The highest BCUT2D eigenvalue weighted by atomic mass is 19.1. The van der Waals surface area contributed by atoms with Crippen molar-refractivity contribution in [1.29, 1.82) is 0 Å². The van der Waals surface area contributed by atoms with Crippen molar-refractivity contribution in [3.63, 3.8) is 0 Å². The largest absolute Gasteiger partial charge is 0.444 e. The van der Waals surface area contributed by atoms with Gasteiger partial charge in [0.05, 0.1) is 5.92 Å². The highest BCUT2D eigenvalue weighted by Crippen LogP contribution is 2.26. The number of piperidine rings is 2. The first-order chi connectivity index (χ1) is 14.1. The van der Waals surface area contributed by atoms with E-state index >= 15 is 0 Å². The van der Waals surface area contributed by atoms with E-state index < -0.39 is 11.5 Å². The van der Waals surface area contributed by atoms with Crippen LogP contribution in [0, 0.1) is 17.7 Å². The number of benzene rings is 1. The monoisotopic (exact) mass is 419 g/mol. The van der Waals surface area contributed by atoms with Crippen LogP contribution in [0.3, 0.4) is 0 Å². The molecule has 30 heavy (non-hydrogen) atoms. The summed E-state index contributed by atoms with van der Waals surface area (Å²) in [5, 5.41) is 0. The number of hydrogen-bond acceptors (Lipinski definition) is 4. The summed E-state index contributed by atoms with van der Waals surface area (Å²) in [6, 6.07) is 6.33. The number of rotatable bonds is 3. The molecule has 0 aliphatic carbocycles. The molecule has 2 aliphatic rings. The molecule has 0 spiro atoms. The highest BCUT2D eigenvalue weighted by Gasteiger charge is 2.38. The topological polar surface area (TPSA) is 75.9 Å². The Hall–Kier alpha value is -2.15. The zero-order valence-corrected chi connectivity index (χ0v) is 18.3. The van der Waals surface area contributed by atoms with Gasteiger partial charge in [-0.15, -0.1) is 0 Å². The first-order valence-electron chi connectivity index (χ1n) is 10.9. The molecule has 0 radical (unpaired) electrons. The quantitative estimate of drug-likeness (QED) is 0.816. The molecule has 0 saturated carbocycles. The van der Waals surface area contributed by atoms with Gasteiger partial charge in [0.2, 0.25) is 5.91 Å². The minimum absolute atomic E-state index is 0.0274. The molecule has 1 aromatic rings. The van der Waals surface area contributed by atoms with Gasteiger partial charge in [0.1, 0.15) is 11.4 Å². The summed E-state index contributed by atoms with van der Waals surface area (Å²) in [4.78, 5) is 29.2. The number of likely N-dealkylation sites (tertiary alicyclic amines) is 2. The van der Waals surface area contributed by atoms with Crippen LogP contribution in [0.1, 0.15) is 45.6 Å². The number of nitrogens with two attached hydrogens (primary N) is 1. The number of hydrogen-bond donors (Lipinski definition) is 1. The SMILES string of the molecule is CC(C)(C)OC(=O)N1CCC(N)C(C(=O)N2CCCC(Cc3ccc(F)cc3)C2)C1. The van der Waals surface area contributed by atoms with Gasteiger partial charge in [-0.3, -0.25) is 4.79 Å². The van der Waals surface area contributed by atoms with Crippen LogP contribution in [-0.2, 0) is 16.0 Å². The lowest BCUT2D eigenvalue weighted by Crippen LogP contribution is -2.56. The average Bonchev–Trinajstić information content (AvgIpc) is 2.68. The van der Waals surface area contributed by atoms with E-state index in [4.69, 9.17) is 10.5 Å². The molecule has 2 aliphatic heterocycles. The summed E-state index contributed by atoms with van der Waals surface area (Å²) in [5.74, 6) is -0.273. The summed E-state index contributed by atoms with van der Waals surface area (Å²) in [6.07, 6.45) is 3.00. The Morgan fingerprint density at radius 1 is 1.10 bits per heavy atom. The zero-order chi connectivity index (χ0) is 21.9. The maximum Gasteiger partial charge on any atom is 0.410 e. The smallest absolute Gasteiger partial charge is 0.410 e. The third kappa shape index (κ3) is 5.94. The van der Waals surface area contributed by atoms with Gasteiger partial charge in [0, 0.05) is 32.2 Å². The molecular weight excluding hydrogens is 385 g/mol. The van der Waals surface area contributed by atoms with Gasteiger partial charge in [-0.2, -0.15) is 0 Å². The van der Waals surface area contributed by atoms with E-state index in [-0.39, 0.29) is 23.9 Å². The molecule has 0 bridgehead atoms. The van der Waals surface area contributed by atoms with Gasteiger partial charge < -0.3 is 20.3 Å². The van der Waals surface area contributed by atoms with Crippen LogP contribution in [0.2, 0.25) is 0 Å². The maximum atomic E-state index is 13.3. The Morgan fingerprint density at radius 2 is 1.80 bits per heavy atom. The van der Waals surface area contributed by atoms with Crippen molar-refractivity contribution >= 4 is 12.0 Å². The maximum absolute atomic E-state index is 13.3. The summed E-state index contributed by atoms with van der Waals surface area (Å²) < 4.78 is 18.6. The number of carbonyl (C=O) groups excluding carboxylic acids is 2. The minimum atomic E-state index is -0.573. The van der Waals surface area contributed by atoms with Crippen molar-refractivity contribution in [3.8, 4) is 0 Å². The van der Waals surface area contributed by atoms with E-state index in [0.717, 1.165) is 24.8 Å². The minimum Gasteiger partial charge on any atom is -0.444 e. The lowest BCUT2D eigenvalue weighted by Gasteiger charge is -2.41. The molecule has 0 aromatic heterocycles. The molecule has 6 nitrogen and oxygen atoms in total. The Bertz CT molecular complexity index is 747. The molecule has 3 rings (SSSR count). The van der Waals surface area contributed by atoms with Crippen molar-refractivity contribution in [2.45, 2.75) is 58.1 Å². The molecule has 3 atom stereocenters. The van der Waals surface area contributed by atoms with Crippen LogP contribution in [0.15, 0.2) is 24.3 Å². The van der Waals surface area contributed by atoms with Crippen LogP contribution >= 0.6 is 0 Å². The molecule has 2 fully saturated rings. The molecule has 1 aromatic carbocycles. The Kier molecular flexibility index (Phi) is 7.01. The summed E-state index contributed by atoms with van der Waals surface area (Å²) >= 11 is 0. The highest BCUT2D eigenvalue weighted by molar-refractivity contribution is 5.81. The Balaban J connectivity index is 1.60. The average molecular weight is 420 g/mol. The Labute approximate surface area is 178 Å². The van der Waals surface area contributed by atoms with Crippen LogP contribution in [0.4, 0.5) is 9.18 Å². The Morgan fingerprint density at radius 3 is 2.47 bits per heavy atom. The molecule has 3 unspecified atom stereocenters. The summed E-state index contributed by atoms with van der Waals surface area (Å²) in [7, 11) is 0. The second kappa shape index (κ2) is 9.33. The molecule has 2 saturated heterocycles. The number of amides is 2. The third-order valence-corrected chi connectivity index (χ3v) is 5.90.